The Balaban J connectivity index is 1.76. The molecule has 1 aromatic heterocycles. The Hall–Kier alpha value is -1.99. The molecule has 0 aliphatic carbocycles. The molecule has 0 unspecified atom stereocenters. The molecule has 1 fully saturated rings. The molecule has 0 spiro atoms. The highest BCUT2D eigenvalue weighted by Gasteiger charge is 2.17. The smallest absolute Gasteiger partial charge is 0.240 e. The third-order valence-corrected chi connectivity index (χ3v) is 6.17. The van der Waals surface area contributed by atoms with Crippen LogP contribution >= 0.6 is 0 Å². The first kappa shape index (κ1) is 18.8. The lowest BCUT2D eigenvalue weighted by Crippen LogP contribution is -2.31. The number of nitrogens with one attached hydrogen (secondary N) is 1. The Morgan fingerprint density at radius 3 is 2.42 bits per heavy atom. The molecule has 0 radical (unpaired) electrons. The van der Waals surface area contributed by atoms with Gasteiger partial charge < -0.3 is 4.90 Å². The lowest BCUT2D eigenvalue weighted by molar-refractivity contribution is 0.569. The van der Waals surface area contributed by atoms with E-state index < -0.39 is 10.0 Å². The standard InChI is InChI=1S/C19H26N4O2S/c1-14-7-8-17(11-15(14)2)26(24,25)20-13-18-21-16(3)12-19(22-18)23-9-5-4-6-10-23/h7-8,11-12,20H,4-6,9-10,13H2,1-3H3. The SMILES string of the molecule is Cc1cc(N2CCCCC2)nc(CNS(=O)(=O)c2ccc(C)c(C)c2)n1. The summed E-state index contributed by atoms with van der Waals surface area (Å²) in [6, 6.07) is 7.10. The van der Waals surface area contributed by atoms with Gasteiger partial charge in [-0.05, 0) is 63.3 Å². The molecule has 1 N–H and O–H groups in total. The Kier molecular flexibility index (Phi) is 5.58. The zero-order chi connectivity index (χ0) is 18.7. The molecule has 7 heteroatoms. The van der Waals surface area contributed by atoms with Crippen molar-refractivity contribution in [2.24, 2.45) is 0 Å². The van der Waals surface area contributed by atoms with Crippen LogP contribution in [0.2, 0.25) is 0 Å². The molecule has 0 bridgehead atoms. The summed E-state index contributed by atoms with van der Waals surface area (Å²) in [6.45, 7) is 7.84. The first-order valence-corrected chi connectivity index (χ1v) is 10.5. The fourth-order valence-corrected chi connectivity index (χ4v) is 4.17. The molecular formula is C19H26N4O2S. The van der Waals surface area contributed by atoms with Crippen molar-refractivity contribution in [1.82, 2.24) is 14.7 Å². The van der Waals surface area contributed by atoms with E-state index in [2.05, 4.69) is 19.6 Å². The van der Waals surface area contributed by atoms with Crippen molar-refractivity contribution in [3.8, 4) is 0 Å². The monoisotopic (exact) mass is 374 g/mol. The molecule has 2 aromatic rings. The molecular weight excluding hydrogens is 348 g/mol. The van der Waals surface area contributed by atoms with E-state index in [-0.39, 0.29) is 11.4 Å². The maximum atomic E-state index is 12.6. The summed E-state index contributed by atoms with van der Waals surface area (Å²) in [5, 5.41) is 0. The average molecular weight is 375 g/mol. The summed E-state index contributed by atoms with van der Waals surface area (Å²) in [5.41, 5.74) is 2.87. The maximum absolute atomic E-state index is 12.6. The zero-order valence-electron chi connectivity index (χ0n) is 15.6. The second-order valence-electron chi connectivity index (χ2n) is 6.90. The van der Waals surface area contributed by atoms with Crippen LogP contribution in [0.5, 0.6) is 0 Å². The highest BCUT2D eigenvalue weighted by atomic mass is 32.2. The Labute approximate surface area is 155 Å². The van der Waals surface area contributed by atoms with Gasteiger partial charge in [0.1, 0.15) is 11.6 Å². The molecule has 1 aliphatic heterocycles. The van der Waals surface area contributed by atoms with Gasteiger partial charge in [0.05, 0.1) is 11.4 Å². The van der Waals surface area contributed by atoms with Gasteiger partial charge in [-0.2, -0.15) is 0 Å². The van der Waals surface area contributed by atoms with Crippen molar-refractivity contribution >= 4 is 15.8 Å². The minimum atomic E-state index is -3.59. The van der Waals surface area contributed by atoms with Crippen LogP contribution in [0.15, 0.2) is 29.2 Å². The average Bonchev–Trinajstić information content (AvgIpc) is 2.62. The van der Waals surface area contributed by atoms with E-state index in [1.54, 1.807) is 12.1 Å². The Bertz CT molecular complexity index is 890. The van der Waals surface area contributed by atoms with Gasteiger partial charge in [-0.3, -0.25) is 0 Å². The van der Waals surface area contributed by atoms with E-state index in [4.69, 9.17) is 0 Å². The topological polar surface area (TPSA) is 75.2 Å². The number of nitrogens with zero attached hydrogens (tertiary/aromatic N) is 3. The number of aryl methyl sites for hydroxylation is 3. The van der Waals surface area contributed by atoms with Crippen molar-refractivity contribution < 1.29 is 8.42 Å². The van der Waals surface area contributed by atoms with E-state index >= 15 is 0 Å². The Morgan fingerprint density at radius 1 is 1.00 bits per heavy atom. The second kappa shape index (κ2) is 7.72. The summed E-state index contributed by atoms with van der Waals surface area (Å²) in [4.78, 5) is 11.5. The normalized spacial score (nSPS) is 15.3. The number of aromatic nitrogens is 2. The highest BCUT2D eigenvalue weighted by molar-refractivity contribution is 7.89. The van der Waals surface area contributed by atoms with Gasteiger partial charge in [-0.15, -0.1) is 0 Å². The molecule has 0 saturated carbocycles. The van der Waals surface area contributed by atoms with Gasteiger partial charge in [-0.25, -0.2) is 23.1 Å². The lowest BCUT2D eigenvalue weighted by atomic mass is 10.1. The largest absolute Gasteiger partial charge is 0.357 e. The number of benzene rings is 1. The number of anilines is 1. The van der Waals surface area contributed by atoms with E-state index in [1.165, 1.54) is 6.42 Å². The molecule has 1 saturated heterocycles. The predicted molar refractivity (Wildman–Crippen MR) is 103 cm³/mol. The number of hydrogen-bond donors (Lipinski definition) is 1. The number of rotatable bonds is 5. The Morgan fingerprint density at radius 2 is 1.73 bits per heavy atom. The molecule has 0 atom stereocenters. The molecule has 1 aromatic carbocycles. The van der Waals surface area contributed by atoms with E-state index in [9.17, 15) is 8.42 Å². The van der Waals surface area contributed by atoms with Gasteiger partial charge in [0, 0.05) is 24.8 Å². The first-order valence-electron chi connectivity index (χ1n) is 9.01. The van der Waals surface area contributed by atoms with Crippen molar-refractivity contribution in [2.45, 2.75) is 51.5 Å². The van der Waals surface area contributed by atoms with Gasteiger partial charge in [0.25, 0.3) is 0 Å². The van der Waals surface area contributed by atoms with Crippen LogP contribution in [0.4, 0.5) is 5.82 Å². The van der Waals surface area contributed by atoms with Crippen molar-refractivity contribution in [3.63, 3.8) is 0 Å². The molecule has 3 rings (SSSR count). The minimum absolute atomic E-state index is 0.0811. The molecule has 26 heavy (non-hydrogen) atoms. The molecule has 2 heterocycles. The molecule has 6 nitrogen and oxygen atoms in total. The van der Waals surface area contributed by atoms with Crippen molar-refractivity contribution in [2.75, 3.05) is 18.0 Å². The quantitative estimate of drug-likeness (QED) is 0.871. The number of sulfonamides is 1. The predicted octanol–water partition coefficient (Wildman–Crippen LogP) is 2.87. The molecule has 1 aliphatic rings. The summed E-state index contributed by atoms with van der Waals surface area (Å²) in [6.07, 6.45) is 3.58. The third kappa shape index (κ3) is 4.40. The molecule has 0 amide bonds. The van der Waals surface area contributed by atoms with Gasteiger partial charge in [-0.1, -0.05) is 6.07 Å². The van der Waals surface area contributed by atoms with Crippen LogP contribution in [0, 0.1) is 20.8 Å². The van der Waals surface area contributed by atoms with Gasteiger partial charge in [0.15, 0.2) is 0 Å². The maximum Gasteiger partial charge on any atom is 0.240 e. The summed E-state index contributed by atoms with van der Waals surface area (Å²) >= 11 is 0. The van der Waals surface area contributed by atoms with Crippen molar-refractivity contribution in [1.29, 1.82) is 0 Å². The fraction of sp³-hybridized carbons (Fsp3) is 0.474. The highest BCUT2D eigenvalue weighted by Crippen LogP contribution is 2.19. The second-order valence-corrected chi connectivity index (χ2v) is 8.67. The van der Waals surface area contributed by atoms with E-state index in [0.717, 1.165) is 48.6 Å². The van der Waals surface area contributed by atoms with Crippen LogP contribution in [0.25, 0.3) is 0 Å². The lowest BCUT2D eigenvalue weighted by Gasteiger charge is -2.28. The van der Waals surface area contributed by atoms with Crippen LogP contribution in [0.3, 0.4) is 0 Å². The van der Waals surface area contributed by atoms with Gasteiger partial charge >= 0.3 is 0 Å². The minimum Gasteiger partial charge on any atom is -0.357 e. The summed E-state index contributed by atoms with van der Waals surface area (Å²) < 4.78 is 27.8. The van der Waals surface area contributed by atoms with Gasteiger partial charge in [0.2, 0.25) is 10.0 Å². The van der Waals surface area contributed by atoms with Crippen LogP contribution in [0.1, 0.15) is 41.9 Å². The van der Waals surface area contributed by atoms with Crippen LogP contribution in [-0.2, 0) is 16.6 Å². The summed E-state index contributed by atoms with van der Waals surface area (Å²) in [5.74, 6) is 1.38. The van der Waals surface area contributed by atoms with Crippen LogP contribution < -0.4 is 9.62 Å². The zero-order valence-corrected chi connectivity index (χ0v) is 16.4. The molecule has 140 valence electrons. The van der Waals surface area contributed by atoms with Crippen LogP contribution in [-0.4, -0.2) is 31.5 Å². The summed E-state index contributed by atoms with van der Waals surface area (Å²) in [7, 11) is -3.59. The third-order valence-electron chi connectivity index (χ3n) is 4.78. The fourth-order valence-electron chi connectivity index (χ4n) is 3.10. The van der Waals surface area contributed by atoms with Crippen molar-refractivity contribution in [3.05, 3.63) is 46.9 Å². The number of hydrogen-bond acceptors (Lipinski definition) is 5. The number of piperidine rings is 1. The first-order chi connectivity index (χ1) is 12.3. The van der Waals surface area contributed by atoms with E-state index in [1.807, 2.05) is 32.9 Å². The van der Waals surface area contributed by atoms with E-state index in [0.29, 0.717) is 5.82 Å².